The molecule has 4 rings (SSSR count). The van der Waals surface area contributed by atoms with Crippen molar-refractivity contribution in [2.24, 2.45) is 5.41 Å². The summed E-state index contributed by atoms with van der Waals surface area (Å²) in [5.41, 5.74) is 1.42. The number of hydrogen-bond acceptors (Lipinski definition) is 3. The maximum atomic E-state index is 12.5. The number of benzene rings is 1. The summed E-state index contributed by atoms with van der Waals surface area (Å²) in [5, 5.41) is 2.34. The van der Waals surface area contributed by atoms with Crippen LogP contribution in [0.15, 0.2) is 24.3 Å². The van der Waals surface area contributed by atoms with Crippen LogP contribution in [0, 0.1) is 5.41 Å². The molecule has 1 heterocycles. The highest BCUT2D eigenvalue weighted by Gasteiger charge is 2.63. The first-order chi connectivity index (χ1) is 9.62. The Labute approximate surface area is 115 Å². The van der Waals surface area contributed by atoms with Gasteiger partial charge < -0.3 is 0 Å². The van der Waals surface area contributed by atoms with Crippen molar-refractivity contribution in [1.29, 1.82) is 0 Å². The van der Waals surface area contributed by atoms with Crippen molar-refractivity contribution < 1.29 is 14.4 Å². The molecule has 1 aromatic carbocycles. The Balaban J connectivity index is 1.65. The van der Waals surface area contributed by atoms with E-state index in [2.05, 4.69) is 5.32 Å². The lowest BCUT2D eigenvalue weighted by molar-refractivity contribution is -0.146. The van der Waals surface area contributed by atoms with Crippen molar-refractivity contribution in [3.63, 3.8) is 0 Å². The molecule has 0 radical (unpaired) electrons. The summed E-state index contributed by atoms with van der Waals surface area (Å²) in [7, 11) is 0. The first kappa shape index (κ1) is 11.6. The molecule has 1 aliphatic heterocycles. The van der Waals surface area contributed by atoms with E-state index in [1.54, 1.807) is 0 Å². The molecule has 2 aliphatic carbocycles. The fourth-order valence-corrected chi connectivity index (χ4v) is 3.31. The zero-order chi connectivity index (χ0) is 13.9. The third-order valence-electron chi connectivity index (χ3n) is 4.65. The third-order valence-corrected chi connectivity index (χ3v) is 4.65. The fraction of sp³-hybridized carbons (Fsp3) is 0.400. The van der Waals surface area contributed by atoms with Crippen LogP contribution in [0.1, 0.15) is 24.0 Å². The molecule has 0 atom stereocenters. The van der Waals surface area contributed by atoms with Crippen molar-refractivity contribution in [3.8, 4) is 0 Å². The highest BCUT2D eigenvalue weighted by molar-refractivity contribution is 6.21. The second kappa shape index (κ2) is 3.69. The van der Waals surface area contributed by atoms with Gasteiger partial charge in [-0.1, -0.05) is 24.3 Å². The van der Waals surface area contributed by atoms with Crippen LogP contribution in [0.5, 0.6) is 0 Å². The van der Waals surface area contributed by atoms with Gasteiger partial charge in [0, 0.05) is 6.04 Å². The second-order valence-electron chi connectivity index (χ2n) is 5.85. The van der Waals surface area contributed by atoms with Crippen molar-refractivity contribution >= 4 is 17.8 Å². The van der Waals surface area contributed by atoms with E-state index in [1.807, 2.05) is 24.3 Å². The molecule has 1 N–H and O–H groups in total. The van der Waals surface area contributed by atoms with Gasteiger partial charge in [0.1, 0.15) is 5.41 Å². The normalized spacial score (nSPS) is 24.0. The maximum Gasteiger partial charge on any atom is 0.331 e. The van der Waals surface area contributed by atoms with E-state index in [4.69, 9.17) is 0 Å². The standard InChI is InChI=1S/C15H14N2O3/c18-12-15(5-6-15)13(19)17(14(20)16-12)11-7-9-3-1-2-4-10(9)8-11/h1-4,11H,5-8H2,(H,16,18,20). The van der Waals surface area contributed by atoms with Gasteiger partial charge in [0.15, 0.2) is 0 Å². The van der Waals surface area contributed by atoms with Crippen LogP contribution in [0.4, 0.5) is 4.79 Å². The number of hydrogen-bond donors (Lipinski definition) is 1. The minimum Gasteiger partial charge on any atom is -0.277 e. The molecule has 3 aliphatic rings. The Bertz CT molecular complexity index is 623. The number of rotatable bonds is 1. The summed E-state index contributed by atoms with van der Waals surface area (Å²) in [6, 6.07) is 7.26. The van der Waals surface area contributed by atoms with Crippen LogP contribution in [0.3, 0.4) is 0 Å². The average molecular weight is 270 g/mol. The van der Waals surface area contributed by atoms with Crippen LogP contribution in [0.2, 0.25) is 0 Å². The SMILES string of the molecule is O=C1NC(=O)C2(CC2)C(=O)N1C1Cc2ccccc2C1. The van der Waals surface area contributed by atoms with Crippen LogP contribution in [-0.4, -0.2) is 28.8 Å². The van der Waals surface area contributed by atoms with E-state index in [1.165, 1.54) is 16.0 Å². The highest BCUT2D eigenvalue weighted by atomic mass is 16.2. The molecule has 1 saturated heterocycles. The second-order valence-corrected chi connectivity index (χ2v) is 5.85. The molecule has 0 unspecified atom stereocenters. The van der Waals surface area contributed by atoms with Crippen LogP contribution in [0.25, 0.3) is 0 Å². The molecule has 0 bridgehead atoms. The summed E-state index contributed by atoms with van der Waals surface area (Å²) in [6.07, 6.45) is 2.47. The number of nitrogens with zero attached hydrogens (tertiary/aromatic N) is 1. The van der Waals surface area contributed by atoms with Crippen molar-refractivity contribution in [3.05, 3.63) is 35.4 Å². The fourth-order valence-electron chi connectivity index (χ4n) is 3.31. The molecule has 2 fully saturated rings. The van der Waals surface area contributed by atoms with Gasteiger partial charge in [0.2, 0.25) is 11.8 Å². The van der Waals surface area contributed by atoms with Crippen molar-refractivity contribution in [2.75, 3.05) is 0 Å². The van der Waals surface area contributed by atoms with Crippen LogP contribution >= 0.6 is 0 Å². The minimum atomic E-state index is -0.942. The number of imide groups is 2. The summed E-state index contributed by atoms with van der Waals surface area (Å²) in [6.45, 7) is 0. The zero-order valence-electron chi connectivity index (χ0n) is 10.9. The van der Waals surface area contributed by atoms with Crippen LogP contribution in [-0.2, 0) is 22.4 Å². The summed E-state index contributed by atoms with van der Waals surface area (Å²) in [4.78, 5) is 37.6. The topological polar surface area (TPSA) is 66.5 Å². The predicted octanol–water partition coefficient (Wildman–Crippen LogP) is 1.01. The number of carbonyl (C=O) groups excluding carboxylic acids is 3. The molecule has 1 aromatic rings. The molecule has 102 valence electrons. The number of carbonyl (C=O) groups is 3. The van der Waals surface area contributed by atoms with Gasteiger partial charge in [-0.15, -0.1) is 0 Å². The van der Waals surface area contributed by atoms with E-state index in [-0.39, 0.29) is 11.9 Å². The van der Waals surface area contributed by atoms with Crippen molar-refractivity contribution in [1.82, 2.24) is 10.2 Å². The molecule has 5 heteroatoms. The molecule has 1 saturated carbocycles. The monoisotopic (exact) mass is 270 g/mol. The largest absolute Gasteiger partial charge is 0.331 e. The van der Waals surface area contributed by atoms with Crippen LogP contribution < -0.4 is 5.32 Å². The molecule has 0 aromatic heterocycles. The number of amides is 4. The Morgan fingerprint density at radius 1 is 1.05 bits per heavy atom. The summed E-state index contributed by atoms with van der Waals surface area (Å²) < 4.78 is 0. The molecule has 20 heavy (non-hydrogen) atoms. The summed E-state index contributed by atoms with van der Waals surface area (Å²) in [5.74, 6) is -0.719. The van der Waals surface area contributed by atoms with Gasteiger partial charge in [0.25, 0.3) is 0 Å². The van der Waals surface area contributed by atoms with Gasteiger partial charge in [-0.2, -0.15) is 0 Å². The number of urea groups is 1. The first-order valence-corrected chi connectivity index (χ1v) is 6.88. The number of barbiturate groups is 1. The molecule has 5 nitrogen and oxygen atoms in total. The number of fused-ring (bicyclic) bond motifs is 1. The molecular weight excluding hydrogens is 256 g/mol. The van der Waals surface area contributed by atoms with E-state index in [0.717, 1.165) is 0 Å². The molecule has 1 spiro atoms. The van der Waals surface area contributed by atoms with Crippen molar-refractivity contribution in [2.45, 2.75) is 31.7 Å². The summed E-state index contributed by atoms with van der Waals surface area (Å²) >= 11 is 0. The first-order valence-electron chi connectivity index (χ1n) is 6.88. The third kappa shape index (κ3) is 1.40. The van der Waals surface area contributed by atoms with Gasteiger partial charge in [-0.05, 0) is 36.8 Å². The Kier molecular flexibility index (Phi) is 2.14. The van der Waals surface area contributed by atoms with E-state index in [9.17, 15) is 14.4 Å². The number of nitrogens with one attached hydrogen (secondary N) is 1. The predicted molar refractivity (Wildman–Crippen MR) is 69.7 cm³/mol. The maximum absolute atomic E-state index is 12.5. The average Bonchev–Trinajstić information content (AvgIpc) is 3.12. The Morgan fingerprint density at radius 3 is 2.20 bits per heavy atom. The van der Waals surface area contributed by atoms with Gasteiger partial charge >= 0.3 is 6.03 Å². The lowest BCUT2D eigenvalue weighted by Gasteiger charge is -2.34. The zero-order valence-corrected chi connectivity index (χ0v) is 10.9. The van der Waals surface area contributed by atoms with Gasteiger partial charge in [-0.25, -0.2) is 4.79 Å². The van der Waals surface area contributed by atoms with Gasteiger partial charge in [-0.3, -0.25) is 19.8 Å². The smallest absolute Gasteiger partial charge is 0.277 e. The Morgan fingerprint density at radius 2 is 1.65 bits per heavy atom. The minimum absolute atomic E-state index is 0.162. The lowest BCUT2D eigenvalue weighted by atomic mass is 10.00. The van der Waals surface area contributed by atoms with E-state index in [0.29, 0.717) is 25.7 Å². The van der Waals surface area contributed by atoms with E-state index < -0.39 is 17.4 Å². The molecular formula is C15H14N2O3. The lowest BCUT2D eigenvalue weighted by Crippen LogP contribution is -2.62. The van der Waals surface area contributed by atoms with Gasteiger partial charge in [0.05, 0.1) is 0 Å². The quantitative estimate of drug-likeness (QED) is 0.775. The highest BCUT2D eigenvalue weighted by Crippen LogP contribution is 2.49. The van der Waals surface area contributed by atoms with E-state index >= 15 is 0 Å². The molecule has 4 amide bonds. The Hall–Kier alpha value is -2.17.